The SMILES string of the molecule is CC(NC(=O)[C@H]1CCCNC1)c1ncn[nH]1. The number of piperidine rings is 1. The van der Waals surface area contributed by atoms with Crippen molar-refractivity contribution in [1.82, 2.24) is 25.8 Å². The van der Waals surface area contributed by atoms with Crippen molar-refractivity contribution >= 4 is 5.91 Å². The van der Waals surface area contributed by atoms with Crippen LogP contribution >= 0.6 is 0 Å². The van der Waals surface area contributed by atoms with Gasteiger partial charge >= 0.3 is 0 Å². The van der Waals surface area contributed by atoms with Gasteiger partial charge in [-0.25, -0.2) is 4.98 Å². The molecule has 2 heterocycles. The minimum Gasteiger partial charge on any atom is -0.346 e. The summed E-state index contributed by atoms with van der Waals surface area (Å²) >= 11 is 0. The van der Waals surface area contributed by atoms with Gasteiger partial charge in [0.1, 0.15) is 12.2 Å². The van der Waals surface area contributed by atoms with Crippen molar-refractivity contribution in [3.05, 3.63) is 12.2 Å². The number of carbonyl (C=O) groups is 1. The van der Waals surface area contributed by atoms with Crippen LogP contribution in [-0.4, -0.2) is 34.2 Å². The first kappa shape index (κ1) is 11.1. The quantitative estimate of drug-likeness (QED) is 0.672. The molecule has 2 rings (SSSR count). The fourth-order valence-electron chi connectivity index (χ4n) is 1.90. The van der Waals surface area contributed by atoms with Gasteiger partial charge in [-0.1, -0.05) is 0 Å². The molecule has 0 aromatic carbocycles. The summed E-state index contributed by atoms with van der Waals surface area (Å²) in [5.74, 6) is 0.868. The molecule has 2 atom stereocenters. The van der Waals surface area contributed by atoms with E-state index < -0.39 is 0 Å². The number of nitrogens with one attached hydrogen (secondary N) is 3. The van der Waals surface area contributed by atoms with Crippen LogP contribution in [0.25, 0.3) is 0 Å². The van der Waals surface area contributed by atoms with Crippen molar-refractivity contribution in [3.8, 4) is 0 Å². The lowest BCUT2D eigenvalue weighted by Gasteiger charge is -2.23. The lowest BCUT2D eigenvalue weighted by Crippen LogP contribution is -2.41. The molecule has 1 unspecified atom stereocenters. The third-order valence-electron chi connectivity index (χ3n) is 2.87. The molecule has 1 fully saturated rings. The van der Waals surface area contributed by atoms with Gasteiger partial charge in [0.25, 0.3) is 0 Å². The molecule has 1 aliphatic heterocycles. The minimum atomic E-state index is -0.114. The van der Waals surface area contributed by atoms with E-state index in [-0.39, 0.29) is 17.9 Å². The predicted octanol–water partition coefficient (Wildman–Crippen LogP) is -0.0185. The molecule has 16 heavy (non-hydrogen) atoms. The number of rotatable bonds is 3. The smallest absolute Gasteiger partial charge is 0.224 e. The molecule has 1 amide bonds. The average molecular weight is 223 g/mol. The molecule has 1 aromatic rings. The minimum absolute atomic E-state index is 0.0825. The van der Waals surface area contributed by atoms with Crippen LogP contribution in [0.5, 0.6) is 0 Å². The first-order chi connectivity index (χ1) is 7.77. The summed E-state index contributed by atoms with van der Waals surface area (Å²) < 4.78 is 0. The molecule has 6 nitrogen and oxygen atoms in total. The van der Waals surface area contributed by atoms with Crippen LogP contribution < -0.4 is 10.6 Å². The van der Waals surface area contributed by atoms with Gasteiger partial charge in [-0.2, -0.15) is 5.10 Å². The normalized spacial score (nSPS) is 22.7. The first-order valence-electron chi connectivity index (χ1n) is 5.63. The number of aromatic amines is 1. The van der Waals surface area contributed by atoms with Gasteiger partial charge < -0.3 is 10.6 Å². The Balaban J connectivity index is 1.86. The molecule has 6 heteroatoms. The van der Waals surface area contributed by atoms with E-state index in [0.29, 0.717) is 5.82 Å². The molecule has 1 aromatic heterocycles. The highest BCUT2D eigenvalue weighted by Crippen LogP contribution is 2.12. The lowest BCUT2D eigenvalue weighted by molar-refractivity contribution is -0.126. The van der Waals surface area contributed by atoms with Crippen molar-refractivity contribution < 1.29 is 4.79 Å². The van der Waals surface area contributed by atoms with Gasteiger partial charge in [0.15, 0.2) is 0 Å². The highest BCUT2D eigenvalue weighted by molar-refractivity contribution is 5.79. The summed E-state index contributed by atoms with van der Waals surface area (Å²) in [6.07, 6.45) is 3.47. The Morgan fingerprint density at radius 2 is 2.56 bits per heavy atom. The van der Waals surface area contributed by atoms with Gasteiger partial charge in [0, 0.05) is 6.54 Å². The van der Waals surface area contributed by atoms with Crippen LogP contribution in [0.1, 0.15) is 31.6 Å². The van der Waals surface area contributed by atoms with Gasteiger partial charge in [-0.15, -0.1) is 0 Å². The molecule has 0 spiro atoms. The molecule has 0 saturated carbocycles. The third-order valence-corrected chi connectivity index (χ3v) is 2.87. The van der Waals surface area contributed by atoms with Gasteiger partial charge in [-0.3, -0.25) is 9.89 Å². The maximum Gasteiger partial charge on any atom is 0.224 e. The summed E-state index contributed by atoms with van der Waals surface area (Å²) in [6.45, 7) is 3.69. The van der Waals surface area contributed by atoms with E-state index in [1.807, 2.05) is 6.92 Å². The summed E-state index contributed by atoms with van der Waals surface area (Å²) in [4.78, 5) is 15.9. The molecule has 1 aliphatic rings. The fourth-order valence-corrected chi connectivity index (χ4v) is 1.90. The molecule has 1 saturated heterocycles. The van der Waals surface area contributed by atoms with E-state index in [9.17, 15) is 4.79 Å². The Morgan fingerprint density at radius 3 is 3.19 bits per heavy atom. The van der Waals surface area contributed by atoms with Crippen LogP contribution in [0.3, 0.4) is 0 Å². The Hall–Kier alpha value is -1.43. The first-order valence-corrected chi connectivity index (χ1v) is 5.63. The second kappa shape index (κ2) is 5.07. The Bertz CT molecular complexity index is 331. The van der Waals surface area contributed by atoms with Crippen LogP contribution in [0.2, 0.25) is 0 Å². The van der Waals surface area contributed by atoms with Crippen molar-refractivity contribution in [2.45, 2.75) is 25.8 Å². The molecule has 0 radical (unpaired) electrons. The van der Waals surface area contributed by atoms with E-state index in [0.717, 1.165) is 25.9 Å². The summed E-state index contributed by atoms with van der Waals surface area (Å²) in [5.41, 5.74) is 0. The summed E-state index contributed by atoms with van der Waals surface area (Å²) in [6, 6.07) is -0.114. The molecule has 0 aliphatic carbocycles. The maximum atomic E-state index is 11.9. The van der Waals surface area contributed by atoms with E-state index in [4.69, 9.17) is 0 Å². The predicted molar refractivity (Wildman–Crippen MR) is 58.5 cm³/mol. The third kappa shape index (κ3) is 2.57. The van der Waals surface area contributed by atoms with Gasteiger partial charge in [0.2, 0.25) is 5.91 Å². The molecule has 0 bridgehead atoms. The van der Waals surface area contributed by atoms with Crippen molar-refractivity contribution in [2.24, 2.45) is 5.92 Å². The number of aromatic nitrogens is 3. The zero-order valence-electron chi connectivity index (χ0n) is 9.36. The van der Waals surface area contributed by atoms with Crippen LogP contribution in [0.4, 0.5) is 0 Å². The Labute approximate surface area is 94.2 Å². The monoisotopic (exact) mass is 223 g/mol. The van der Waals surface area contributed by atoms with Crippen molar-refractivity contribution in [3.63, 3.8) is 0 Å². The number of hydrogen-bond donors (Lipinski definition) is 3. The van der Waals surface area contributed by atoms with E-state index >= 15 is 0 Å². The molecule has 3 N–H and O–H groups in total. The number of H-pyrrole nitrogens is 1. The summed E-state index contributed by atoms with van der Waals surface area (Å²) in [7, 11) is 0. The molecule has 88 valence electrons. The Kier molecular flexibility index (Phi) is 3.51. The number of hydrogen-bond acceptors (Lipinski definition) is 4. The zero-order valence-corrected chi connectivity index (χ0v) is 9.36. The Morgan fingerprint density at radius 1 is 1.69 bits per heavy atom. The second-order valence-corrected chi connectivity index (χ2v) is 4.14. The van der Waals surface area contributed by atoms with Crippen LogP contribution in [0, 0.1) is 5.92 Å². The van der Waals surface area contributed by atoms with E-state index in [1.54, 1.807) is 0 Å². The highest BCUT2D eigenvalue weighted by Gasteiger charge is 2.22. The standard InChI is InChI=1S/C10H17N5O/c1-7(9-12-6-13-15-9)14-10(16)8-3-2-4-11-5-8/h6-8,11H,2-5H2,1H3,(H,14,16)(H,12,13,15)/t7?,8-/m0/s1. The summed E-state index contributed by atoms with van der Waals surface area (Å²) in [5, 5.41) is 12.7. The van der Waals surface area contributed by atoms with Crippen molar-refractivity contribution in [2.75, 3.05) is 13.1 Å². The average Bonchev–Trinajstić information content (AvgIpc) is 2.83. The largest absolute Gasteiger partial charge is 0.346 e. The fraction of sp³-hybridized carbons (Fsp3) is 0.700. The topological polar surface area (TPSA) is 82.7 Å². The van der Waals surface area contributed by atoms with Crippen LogP contribution in [-0.2, 0) is 4.79 Å². The lowest BCUT2D eigenvalue weighted by atomic mass is 9.98. The van der Waals surface area contributed by atoms with Crippen molar-refractivity contribution in [1.29, 1.82) is 0 Å². The van der Waals surface area contributed by atoms with E-state index in [2.05, 4.69) is 25.8 Å². The highest BCUT2D eigenvalue weighted by atomic mass is 16.2. The van der Waals surface area contributed by atoms with Gasteiger partial charge in [0.05, 0.1) is 12.0 Å². The maximum absolute atomic E-state index is 11.9. The van der Waals surface area contributed by atoms with Crippen LogP contribution in [0.15, 0.2) is 6.33 Å². The number of nitrogens with zero attached hydrogens (tertiary/aromatic N) is 2. The zero-order chi connectivity index (χ0) is 11.4. The molecular weight excluding hydrogens is 206 g/mol. The molecular formula is C10H17N5O. The number of amides is 1. The van der Waals surface area contributed by atoms with Gasteiger partial charge in [-0.05, 0) is 26.3 Å². The number of carbonyl (C=O) groups excluding carboxylic acids is 1. The second-order valence-electron chi connectivity index (χ2n) is 4.14. The van der Waals surface area contributed by atoms with E-state index in [1.165, 1.54) is 6.33 Å².